The molecule has 2 heterocycles. The summed E-state index contributed by atoms with van der Waals surface area (Å²) in [5.41, 5.74) is 0. The van der Waals surface area contributed by atoms with Crippen molar-refractivity contribution >= 4 is 0 Å². The van der Waals surface area contributed by atoms with Gasteiger partial charge in [0.15, 0.2) is 0 Å². The predicted octanol–water partition coefficient (Wildman–Crippen LogP) is 1.68. The average molecular weight is 216 g/mol. The SMILES string of the molecule is CCCCC1OC1(OC)C1(OC)OC1C. The first-order chi connectivity index (χ1) is 7.16. The van der Waals surface area contributed by atoms with Crippen molar-refractivity contribution in [1.82, 2.24) is 0 Å². The normalized spacial score (nSPS) is 48.0. The second kappa shape index (κ2) is 3.70. The van der Waals surface area contributed by atoms with Crippen LogP contribution in [-0.4, -0.2) is 38.0 Å². The molecule has 0 saturated carbocycles. The van der Waals surface area contributed by atoms with Crippen molar-refractivity contribution in [2.75, 3.05) is 14.2 Å². The quantitative estimate of drug-likeness (QED) is 0.634. The van der Waals surface area contributed by atoms with Crippen LogP contribution in [0.2, 0.25) is 0 Å². The van der Waals surface area contributed by atoms with Gasteiger partial charge in [-0.1, -0.05) is 19.8 Å². The Labute approximate surface area is 90.8 Å². The molecule has 0 bridgehead atoms. The van der Waals surface area contributed by atoms with Crippen LogP contribution in [0.5, 0.6) is 0 Å². The van der Waals surface area contributed by atoms with E-state index in [9.17, 15) is 0 Å². The molecule has 4 atom stereocenters. The zero-order valence-electron chi connectivity index (χ0n) is 9.91. The van der Waals surface area contributed by atoms with Gasteiger partial charge in [0.1, 0.15) is 12.2 Å². The third-order valence-corrected chi connectivity index (χ3v) is 3.43. The Bertz CT molecular complexity index is 241. The summed E-state index contributed by atoms with van der Waals surface area (Å²) >= 11 is 0. The molecule has 0 radical (unpaired) electrons. The minimum atomic E-state index is -0.667. The van der Waals surface area contributed by atoms with E-state index in [1.54, 1.807) is 14.2 Å². The van der Waals surface area contributed by atoms with Crippen LogP contribution in [0, 0.1) is 0 Å². The third kappa shape index (κ3) is 1.43. The van der Waals surface area contributed by atoms with Crippen molar-refractivity contribution in [3.63, 3.8) is 0 Å². The van der Waals surface area contributed by atoms with Crippen LogP contribution in [-0.2, 0) is 18.9 Å². The fourth-order valence-corrected chi connectivity index (χ4v) is 2.39. The maximum absolute atomic E-state index is 5.67. The summed E-state index contributed by atoms with van der Waals surface area (Å²) in [6.45, 7) is 4.14. The first-order valence-corrected chi connectivity index (χ1v) is 5.62. The van der Waals surface area contributed by atoms with Crippen molar-refractivity contribution in [3.8, 4) is 0 Å². The molecule has 2 aliphatic heterocycles. The smallest absolute Gasteiger partial charge is 0.254 e. The predicted molar refractivity (Wildman–Crippen MR) is 54.4 cm³/mol. The van der Waals surface area contributed by atoms with Crippen molar-refractivity contribution in [2.24, 2.45) is 0 Å². The molecule has 2 aliphatic rings. The average Bonchev–Trinajstić information content (AvgIpc) is 3.11. The van der Waals surface area contributed by atoms with Crippen molar-refractivity contribution in [2.45, 2.75) is 56.9 Å². The summed E-state index contributed by atoms with van der Waals surface area (Å²) in [4.78, 5) is 0. The molecule has 2 saturated heterocycles. The summed E-state index contributed by atoms with van der Waals surface area (Å²) < 4.78 is 22.1. The molecule has 0 amide bonds. The molecule has 0 N–H and O–H groups in total. The molecular formula is C11H20O4. The van der Waals surface area contributed by atoms with E-state index in [-0.39, 0.29) is 12.2 Å². The molecule has 0 aliphatic carbocycles. The van der Waals surface area contributed by atoms with Gasteiger partial charge in [0.05, 0.1) is 0 Å². The highest BCUT2D eigenvalue weighted by Gasteiger charge is 2.81. The van der Waals surface area contributed by atoms with Crippen LogP contribution in [0.1, 0.15) is 33.1 Å². The zero-order chi connectivity index (χ0) is 11.1. The molecule has 15 heavy (non-hydrogen) atoms. The van der Waals surface area contributed by atoms with Crippen LogP contribution in [0.25, 0.3) is 0 Å². The van der Waals surface area contributed by atoms with Crippen molar-refractivity contribution in [3.05, 3.63) is 0 Å². The van der Waals surface area contributed by atoms with Gasteiger partial charge in [-0.3, -0.25) is 0 Å². The topological polar surface area (TPSA) is 43.5 Å². The van der Waals surface area contributed by atoms with Crippen LogP contribution < -0.4 is 0 Å². The van der Waals surface area contributed by atoms with Crippen LogP contribution >= 0.6 is 0 Å². The number of hydrogen-bond donors (Lipinski definition) is 0. The zero-order valence-corrected chi connectivity index (χ0v) is 9.91. The van der Waals surface area contributed by atoms with E-state index < -0.39 is 11.6 Å². The second-order valence-electron chi connectivity index (χ2n) is 4.25. The molecule has 4 heteroatoms. The van der Waals surface area contributed by atoms with E-state index in [2.05, 4.69) is 6.92 Å². The highest BCUT2D eigenvalue weighted by molar-refractivity contribution is 5.15. The van der Waals surface area contributed by atoms with Gasteiger partial charge in [0.25, 0.3) is 11.6 Å². The molecule has 0 spiro atoms. The number of epoxide rings is 2. The van der Waals surface area contributed by atoms with Gasteiger partial charge in [-0.2, -0.15) is 0 Å². The van der Waals surface area contributed by atoms with Crippen molar-refractivity contribution < 1.29 is 18.9 Å². The molecular weight excluding hydrogens is 196 g/mol. The lowest BCUT2D eigenvalue weighted by atomic mass is 10.0. The highest BCUT2D eigenvalue weighted by Crippen LogP contribution is 2.59. The molecule has 0 aromatic carbocycles. The minimum Gasteiger partial charge on any atom is -0.347 e. The summed E-state index contributed by atoms with van der Waals surface area (Å²) in [6, 6.07) is 0. The van der Waals surface area contributed by atoms with Gasteiger partial charge >= 0.3 is 0 Å². The number of hydrogen-bond acceptors (Lipinski definition) is 4. The lowest BCUT2D eigenvalue weighted by Crippen LogP contribution is -2.41. The van der Waals surface area contributed by atoms with Gasteiger partial charge < -0.3 is 18.9 Å². The summed E-state index contributed by atoms with van der Waals surface area (Å²) in [6.07, 6.45) is 3.48. The van der Waals surface area contributed by atoms with Gasteiger partial charge in [-0.15, -0.1) is 0 Å². The van der Waals surface area contributed by atoms with E-state index >= 15 is 0 Å². The Balaban J connectivity index is 2.00. The lowest BCUT2D eigenvalue weighted by molar-refractivity contribution is -0.175. The molecule has 4 unspecified atom stereocenters. The number of methoxy groups -OCH3 is 2. The van der Waals surface area contributed by atoms with Crippen molar-refractivity contribution in [1.29, 1.82) is 0 Å². The summed E-state index contributed by atoms with van der Waals surface area (Å²) in [5, 5.41) is 0. The van der Waals surface area contributed by atoms with E-state index in [0.29, 0.717) is 0 Å². The largest absolute Gasteiger partial charge is 0.347 e. The fraction of sp³-hybridized carbons (Fsp3) is 1.00. The summed E-state index contributed by atoms with van der Waals surface area (Å²) in [5.74, 6) is -1.32. The second-order valence-corrected chi connectivity index (χ2v) is 4.25. The van der Waals surface area contributed by atoms with Gasteiger partial charge in [0, 0.05) is 14.2 Å². The molecule has 2 fully saturated rings. The molecule has 2 rings (SSSR count). The highest BCUT2D eigenvalue weighted by atomic mass is 16.9. The molecule has 88 valence electrons. The maximum atomic E-state index is 5.67. The lowest BCUT2D eigenvalue weighted by Gasteiger charge is -2.18. The fourth-order valence-electron chi connectivity index (χ4n) is 2.39. The van der Waals surface area contributed by atoms with E-state index in [0.717, 1.165) is 19.3 Å². The first kappa shape index (κ1) is 11.3. The van der Waals surface area contributed by atoms with Gasteiger partial charge in [-0.05, 0) is 13.3 Å². The van der Waals surface area contributed by atoms with Gasteiger partial charge in [-0.25, -0.2) is 0 Å². The Morgan fingerprint density at radius 2 is 1.73 bits per heavy atom. The van der Waals surface area contributed by atoms with E-state index in [1.165, 1.54) is 0 Å². The van der Waals surface area contributed by atoms with Crippen LogP contribution in [0.4, 0.5) is 0 Å². The molecule has 0 aromatic heterocycles. The number of rotatable bonds is 6. The Morgan fingerprint density at radius 3 is 2.13 bits per heavy atom. The Morgan fingerprint density at radius 1 is 1.13 bits per heavy atom. The van der Waals surface area contributed by atoms with E-state index in [1.807, 2.05) is 6.92 Å². The standard InChI is InChI=1S/C11H20O4/c1-5-6-7-9-11(13-4,15-9)10(12-3)8(2)14-10/h8-9H,5-7H2,1-4H3. The Kier molecular flexibility index (Phi) is 2.79. The summed E-state index contributed by atoms with van der Waals surface area (Å²) in [7, 11) is 3.30. The monoisotopic (exact) mass is 216 g/mol. The van der Waals surface area contributed by atoms with Crippen LogP contribution in [0.15, 0.2) is 0 Å². The minimum absolute atomic E-state index is 0.0501. The maximum Gasteiger partial charge on any atom is 0.254 e. The third-order valence-electron chi connectivity index (χ3n) is 3.43. The molecule has 0 aromatic rings. The first-order valence-electron chi connectivity index (χ1n) is 5.62. The Hall–Kier alpha value is -0.160. The van der Waals surface area contributed by atoms with Crippen LogP contribution in [0.3, 0.4) is 0 Å². The van der Waals surface area contributed by atoms with E-state index in [4.69, 9.17) is 18.9 Å². The molecule has 4 nitrogen and oxygen atoms in total. The number of ether oxygens (including phenoxy) is 4. The van der Waals surface area contributed by atoms with Gasteiger partial charge in [0.2, 0.25) is 0 Å². The number of unbranched alkanes of at least 4 members (excludes halogenated alkanes) is 1.